The quantitative estimate of drug-likeness (QED) is 0.0420. The Labute approximate surface area is 520 Å². The molecule has 0 spiro atoms. The van der Waals surface area contributed by atoms with Crippen LogP contribution in [0, 0.1) is 0 Å². The maximum absolute atomic E-state index is 12.6. The van der Waals surface area contributed by atoms with Gasteiger partial charge in [-0.1, -0.05) is 408 Å². The lowest BCUT2D eigenvalue weighted by Crippen LogP contribution is -2.45. The molecule has 486 valence electrons. The number of hydrogen-bond donors (Lipinski definition) is 3. The smallest absolute Gasteiger partial charge is 0.220 e. The molecule has 0 aliphatic rings. The normalized spacial score (nSPS) is 13.1. The number of amides is 1. The number of aliphatic hydroxyl groups excluding tert-OH is 2. The highest BCUT2D eigenvalue weighted by atomic mass is 16.3. The van der Waals surface area contributed by atoms with E-state index in [2.05, 4.69) is 92.1 Å². The van der Waals surface area contributed by atoms with E-state index in [0.717, 1.165) is 64.2 Å². The third kappa shape index (κ3) is 70.5. The zero-order valence-corrected chi connectivity index (χ0v) is 56.2. The Bertz CT molecular complexity index is 1410. The van der Waals surface area contributed by atoms with Crippen molar-refractivity contribution < 1.29 is 15.0 Å². The molecule has 2 unspecified atom stereocenters. The summed E-state index contributed by atoms with van der Waals surface area (Å²) in [6.45, 7) is 4.29. The van der Waals surface area contributed by atoms with Crippen LogP contribution in [0.4, 0.5) is 0 Å². The van der Waals surface area contributed by atoms with Crippen LogP contribution in [0.3, 0.4) is 0 Å². The number of carbonyl (C=O) groups is 1. The van der Waals surface area contributed by atoms with Gasteiger partial charge >= 0.3 is 0 Å². The van der Waals surface area contributed by atoms with Gasteiger partial charge in [0.2, 0.25) is 5.91 Å². The van der Waals surface area contributed by atoms with E-state index < -0.39 is 12.1 Å². The first-order valence-electron chi connectivity index (χ1n) is 37.6. The Balaban J connectivity index is 3.40. The standard InChI is InChI=1S/C79H147NO3/c1-3-5-7-9-11-13-15-17-19-21-23-25-27-29-31-33-35-37-38-39-40-41-42-43-45-47-49-51-53-55-57-59-61-63-65-67-69-71-73-75-79(83)80-77(76-81)78(82)74-72-70-68-66-64-62-60-58-56-54-52-50-48-46-44-36-34-32-30-28-26-24-22-20-18-16-14-12-10-8-6-4-2/h5,7,11,13,17,19,23,25,29,31,35,37,77-78,81-82H,3-4,6,8-10,12,14-16,18,20-22,24,26-28,30,32-34,36,38-76H2,1-2H3,(H,80,83)/b7-5-,13-11-,19-17-,25-23-,31-29-,37-35-. The Morgan fingerprint density at radius 1 is 0.301 bits per heavy atom. The molecule has 2 atom stereocenters. The second-order valence-corrected chi connectivity index (χ2v) is 25.7. The van der Waals surface area contributed by atoms with Gasteiger partial charge in [-0.2, -0.15) is 0 Å². The van der Waals surface area contributed by atoms with Gasteiger partial charge in [-0.3, -0.25) is 4.79 Å². The molecule has 4 heteroatoms. The van der Waals surface area contributed by atoms with Gasteiger partial charge in [-0.25, -0.2) is 0 Å². The summed E-state index contributed by atoms with van der Waals surface area (Å²) in [5.41, 5.74) is 0. The Morgan fingerprint density at radius 2 is 0.530 bits per heavy atom. The Hall–Kier alpha value is -2.17. The molecule has 0 radical (unpaired) electrons. The summed E-state index contributed by atoms with van der Waals surface area (Å²) in [4.78, 5) is 12.6. The fraction of sp³-hybridized carbons (Fsp3) is 0.835. The molecule has 0 rings (SSSR count). The van der Waals surface area contributed by atoms with Crippen LogP contribution in [0.5, 0.6) is 0 Å². The van der Waals surface area contributed by atoms with Crippen LogP contribution in [0.1, 0.15) is 406 Å². The van der Waals surface area contributed by atoms with Crippen LogP contribution in [-0.4, -0.2) is 34.9 Å². The number of nitrogens with one attached hydrogen (secondary N) is 1. The van der Waals surface area contributed by atoms with Crippen molar-refractivity contribution in [1.29, 1.82) is 0 Å². The van der Waals surface area contributed by atoms with Crippen LogP contribution in [0.25, 0.3) is 0 Å². The van der Waals surface area contributed by atoms with Crippen molar-refractivity contribution >= 4 is 5.91 Å². The zero-order chi connectivity index (χ0) is 59.8. The number of carbonyl (C=O) groups excluding carboxylic acids is 1. The van der Waals surface area contributed by atoms with E-state index >= 15 is 0 Å². The minimum Gasteiger partial charge on any atom is -0.394 e. The second kappa shape index (κ2) is 74.1. The van der Waals surface area contributed by atoms with Crippen LogP contribution in [0.2, 0.25) is 0 Å². The molecule has 0 aliphatic carbocycles. The molecule has 83 heavy (non-hydrogen) atoms. The number of rotatable bonds is 70. The topological polar surface area (TPSA) is 69.6 Å². The van der Waals surface area contributed by atoms with Crippen LogP contribution in [-0.2, 0) is 4.79 Å². The fourth-order valence-corrected chi connectivity index (χ4v) is 11.8. The largest absolute Gasteiger partial charge is 0.394 e. The van der Waals surface area contributed by atoms with Gasteiger partial charge in [0.05, 0.1) is 18.8 Å². The minimum atomic E-state index is -0.663. The van der Waals surface area contributed by atoms with E-state index in [1.165, 1.54) is 315 Å². The van der Waals surface area contributed by atoms with Gasteiger partial charge in [0, 0.05) is 6.42 Å². The third-order valence-corrected chi connectivity index (χ3v) is 17.5. The highest BCUT2D eigenvalue weighted by Crippen LogP contribution is 2.20. The molecule has 4 nitrogen and oxygen atoms in total. The van der Waals surface area contributed by atoms with Crippen molar-refractivity contribution in [2.24, 2.45) is 0 Å². The van der Waals surface area contributed by atoms with Gasteiger partial charge in [0.25, 0.3) is 0 Å². The van der Waals surface area contributed by atoms with Crippen LogP contribution < -0.4 is 5.32 Å². The van der Waals surface area contributed by atoms with Gasteiger partial charge in [0.15, 0.2) is 0 Å². The molecule has 0 fully saturated rings. The first-order valence-corrected chi connectivity index (χ1v) is 37.6. The molecule has 0 bridgehead atoms. The van der Waals surface area contributed by atoms with E-state index in [4.69, 9.17) is 0 Å². The Kier molecular flexibility index (Phi) is 72.1. The lowest BCUT2D eigenvalue weighted by Gasteiger charge is -2.22. The van der Waals surface area contributed by atoms with Crippen molar-refractivity contribution in [3.63, 3.8) is 0 Å². The van der Waals surface area contributed by atoms with Crippen LogP contribution in [0.15, 0.2) is 72.9 Å². The highest BCUT2D eigenvalue weighted by molar-refractivity contribution is 5.76. The van der Waals surface area contributed by atoms with Crippen molar-refractivity contribution in [3.8, 4) is 0 Å². The number of hydrogen-bond acceptors (Lipinski definition) is 3. The van der Waals surface area contributed by atoms with E-state index in [9.17, 15) is 15.0 Å². The Morgan fingerprint density at radius 3 is 0.795 bits per heavy atom. The summed E-state index contributed by atoms with van der Waals surface area (Å²) in [6, 6.07) is -0.539. The van der Waals surface area contributed by atoms with Gasteiger partial charge in [-0.15, -0.1) is 0 Å². The first kappa shape index (κ1) is 80.8. The van der Waals surface area contributed by atoms with E-state index in [1.54, 1.807) is 0 Å². The molecular formula is C79H147NO3. The van der Waals surface area contributed by atoms with E-state index in [1.807, 2.05) is 0 Å². The lowest BCUT2D eigenvalue weighted by molar-refractivity contribution is -0.123. The summed E-state index contributed by atoms with van der Waals surface area (Å²) in [6.07, 6.45) is 107. The number of unbranched alkanes of at least 4 members (excludes halogenated alkanes) is 51. The molecule has 0 aromatic carbocycles. The second-order valence-electron chi connectivity index (χ2n) is 25.7. The maximum atomic E-state index is 12.6. The highest BCUT2D eigenvalue weighted by Gasteiger charge is 2.20. The third-order valence-electron chi connectivity index (χ3n) is 17.5. The molecule has 0 aliphatic heterocycles. The van der Waals surface area contributed by atoms with E-state index in [0.29, 0.717) is 12.8 Å². The molecular weight excluding hydrogens is 1010 g/mol. The zero-order valence-electron chi connectivity index (χ0n) is 56.2. The predicted octanol–water partition coefficient (Wildman–Crippen LogP) is 26.0. The van der Waals surface area contributed by atoms with Crippen molar-refractivity contribution in [2.45, 2.75) is 418 Å². The van der Waals surface area contributed by atoms with Crippen molar-refractivity contribution in [2.75, 3.05) is 6.61 Å². The van der Waals surface area contributed by atoms with Gasteiger partial charge < -0.3 is 15.5 Å². The summed E-state index contributed by atoms with van der Waals surface area (Å²) in [5, 5.41) is 23.5. The summed E-state index contributed by atoms with van der Waals surface area (Å²) >= 11 is 0. The van der Waals surface area contributed by atoms with Gasteiger partial charge in [0.1, 0.15) is 0 Å². The van der Waals surface area contributed by atoms with Crippen LogP contribution >= 0.6 is 0 Å². The number of aliphatic hydroxyl groups is 2. The molecule has 0 saturated heterocycles. The molecule has 0 saturated carbocycles. The summed E-state index contributed by atoms with van der Waals surface area (Å²) in [5.74, 6) is -0.0242. The van der Waals surface area contributed by atoms with Crippen molar-refractivity contribution in [3.05, 3.63) is 72.9 Å². The van der Waals surface area contributed by atoms with E-state index in [-0.39, 0.29) is 12.5 Å². The molecule has 0 aromatic heterocycles. The average Bonchev–Trinajstić information content (AvgIpc) is 3.51. The summed E-state index contributed by atoms with van der Waals surface area (Å²) in [7, 11) is 0. The average molecular weight is 1160 g/mol. The SMILES string of the molecule is CC/C=C\C/C=C\C/C=C\C/C=C\C/C=C\C/C=C\CCCCCCCCCCCCCCCCCCCCCCC(=O)NC(CO)C(O)CCCCCCCCCCCCCCCCCCCCCCCCCCCCCCCCCC. The fourth-order valence-electron chi connectivity index (χ4n) is 11.8. The number of allylic oxidation sites excluding steroid dienone is 12. The maximum Gasteiger partial charge on any atom is 0.220 e. The van der Waals surface area contributed by atoms with Gasteiger partial charge in [-0.05, 0) is 64.2 Å². The summed E-state index contributed by atoms with van der Waals surface area (Å²) < 4.78 is 0. The lowest BCUT2D eigenvalue weighted by atomic mass is 10.0. The minimum absolute atomic E-state index is 0.0242. The molecule has 1 amide bonds. The first-order chi connectivity index (χ1) is 41.2. The molecule has 0 heterocycles. The monoisotopic (exact) mass is 1160 g/mol. The van der Waals surface area contributed by atoms with Crippen molar-refractivity contribution in [1.82, 2.24) is 5.32 Å². The molecule has 3 N–H and O–H groups in total. The molecule has 0 aromatic rings. The predicted molar refractivity (Wildman–Crippen MR) is 373 cm³/mol.